The van der Waals surface area contributed by atoms with E-state index in [1.54, 1.807) is 25.1 Å². The maximum Gasteiger partial charge on any atom is 0.336 e. The van der Waals surface area contributed by atoms with E-state index in [2.05, 4.69) is 6.58 Å². The van der Waals surface area contributed by atoms with E-state index >= 15 is 0 Å². The van der Waals surface area contributed by atoms with Gasteiger partial charge >= 0.3 is 11.9 Å². The van der Waals surface area contributed by atoms with Gasteiger partial charge in [0.05, 0.1) is 13.2 Å². The van der Waals surface area contributed by atoms with E-state index in [1.165, 1.54) is 6.08 Å². The molecule has 0 aliphatic rings. The maximum absolute atomic E-state index is 11.8. The minimum atomic E-state index is -0.413. The Hall–Kier alpha value is -3.34. The second kappa shape index (κ2) is 14.6. The van der Waals surface area contributed by atoms with Gasteiger partial charge in [-0.05, 0) is 55.7 Å². The number of benzene rings is 2. The van der Waals surface area contributed by atoms with Gasteiger partial charge in [0.25, 0.3) is 0 Å². The van der Waals surface area contributed by atoms with Crippen molar-refractivity contribution in [3.8, 4) is 11.5 Å². The fourth-order valence-electron chi connectivity index (χ4n) is 2.87. The lowest BCUT2D eigenvalue weighted by molar-refractivity contribution is -0.139. The van der Waals surface area contributed by atoms with E-state index in [1.807, 2.05) is 42.5 Å². The van der Waals surface area contributed by atoms with Crippen LogP contribution in [0.2, 0.25) is 0 Å². The third kappa shape index (κ3) is 10.6. The highest BCUT2D eigenvalue weighted by atomic mass is 16.5. The molecular weight excluding hydrogens is 404 g/mol. The van der Waals surface area contributed by atoms with Gasteiger partial charge in [0, 0.05) is 11.6 Å². The Kier molecular flexibility index (Phi) is 11.4. The molecule has 0 unspecified atom stereocenters. The maximum atomic E-state index is 11.8. The van der Waals surface area contributed by atoms with E-state index in [0.717, 1.165) is 49.8 Å². The van der Waals surface area contributed by atoms with Gasteiger partial charge in [-0.2, -0.15) is 0 Å². The van der Waals surface area contributed by atoms with Crippen LogP contribution in [-0.4, -0.2) is 25.2 Å². The molecular formula is C27H32O5. The van der Waals surface area contributed by atoms with E-state index in [9.17, 15) is 9.59 Å². The molecule has 0 N–H and O–H groups in total. The van der Waals surface area contributed by atoms with Crippen LogP contribution in [0.3, 0.4) is 0 Å². The van der Waals surface area contributed by atoms with Crippen molar-refractivity contribution in [2.75, 3.05) is 13.2 Å². The summed E-state index contributed by atoms with van der Waals surface area (Å²) in [6.07, 6.45) is 9.44. The molecule has 0 aliphatic heterocycles. The van der Waals surface area contributed by atoms with Crippen LogP contribution >= 0.6 is 0 Å². The van der Waals surface area contributed by atoms with Crippen molar-refractivity contribution in [2.24, 2.45) is 0 Å². The second-order valence-electron chi connectivity index (χ2n) is 7.52. The molecule has 0 saturated heterocycles. The van der Waals surface area contributed by atoms with Crippen LogP contribution < -0.4 is 9.47 Å². The van der Waals surface area contributed by atoms with Crippen molar-refractivity contribution in [2.45, 2.75) is 45.4 Å². The first-order valence-electron chi connectivity index (χ1n) is 11.0. The summed E-state index contributed by atoms with van der Waals surface area (Å²) >= 11 is 0. The Labute approximate surface area is 190 Å². The first-order valence-corrected chi connectivity index (χ1v) is 11.0. The second-order valence-corrected chi connectivity index (χ2v) is 7.52. The van der Waals surface area contributed by atoms with Crippen molar-refractivity contribution in [3.05, 3.63) is 78.4 Å². The molecule has 5 heteroatoms. The molecule has 0 radical (unpaired) electrons. The van der Waals surface area contributed by atoms with Crippen LogP contribution in [0.15, 0.2) is 72.8 Å². The first kappa shape index (κ1) is 24.9. The molecule has 0 spiro atoms. The Bertz CT molecular complexity index is 869. The lowest BCUT2D eigenvalue weighted by atomic mass is 10.1. The topological polar surface area (TPSA) is 61.8 Å². The summed E-state index contributed by atoms with van der Waals surface area (Å²) in [4.78, 5) is 23.1. The Balaban J connectivity index is 1.53. The molecule has 0 heterocycles. The molecule has 0 fully saturated rings. The Morgan fingerprint density at radius 1 is 0.812 bits per heavy atom. The zero-order chi connectivity index (χ0) is 23.0. The highest BCUT2D eigenvalue weighted by Gasteiger charge is 2.02. The molecule has 0 aromatic heterocycles. The number of ether oxygens (including phenoxy) is 3. The summed E-state index contributed by atoms with van der Waals surface area (Å²) in [5.74, 6) is 0.615. The van der Waals surface area contributed by atoms with Gasteiger partial charge in [0.15, 0.2) is 0 Å². The molecule has 2 rings (SSSR count). The number of para-hydroxylation sites is 1. The van der Waals surface area contributed by atoms with Crippen molar-refractivity contribution >= 4 is 18.0 Å². The molecule has 0 atom stereocenters. The molecule has 0 amide bonds. The largest absolute Gasteiger partial charge is 0.494 e. The minimum Gasteiger partial charge on any atom is -0.494 e. The van der Waals surface area contributed by atoms with E-state index in [-0.39, 0.29) is 5.97 Å². The Morgan fingerprint density at radius 2 is 1.44 bits per heavy atom. The molecule has 0 bridgehead atoms. The summed E-state index contributed by atoms with van der Waals surface area (Å²) in [5, 5.41) is 0. The normalized spacial score (nSPS) is 10.7. The van der Waals surface area contributed by atoms with Gasteiger partial charge in [-0.25, -0.2) is 9.59 Å². The highest BCUT2D eigenvalue weighted by molar-refractivity contribution is 5.88. The lowest BCUT2D eigenvalue weighted by Crippen LogP contribution is -2.06. The zero-order valence-electron chi connectivity index (χ0n) is 18.8. The van der Waals surface area contributed by atoms with E-state index < -0.39 is 5.97 Å². The summed E-state index contributed by atoms with van der Waals surface area (Å²) in [6, 6.07) is 16.6. The van der Waals surface area contributed by atoms with Crippen molar-refractivity contribution in [3.63, 3.8) is 0 Å². The highest BCUT2D eigenvalue weighted by Crippen LogP contribution is 2.15. The third-order valence-corrected chi connectivity index (χ3v) is 4.64. The number of rotatable bonds is 14. The summed E-state index contributed by atoms with van der Waals surface area (Å²) in [5.41, 5.74) is 1.34. The standard InChI is InChI=1S/C27H32O5/c1-22(2)27(29)31-21-11-6-4-3-5-10-20-30-24-17-14-23(15-18-24)16-19-26(28)32-25-12-8-7-9-13-25/h7-9,12-19H,1,3-6,10-11,20-21H2,2H3/b19-16+. The average Bonchev–Trinajstić information content (AvgIpc) is 2.80. The van der Waals surface area contributed by atoms with Gasteiger partial charge in [0.2, 0.25) is 0 Å². The number of esters is 2. The monoisotopic (exact) mass is 436 g/mol. The third-order valence-electron chi connectivity index (χ3n) is 4.64. The zero-order valence-corrected chi connectivity index (χ0v) is 18.8. The molecule has 170 valence electrons. The molecule has 32 heavy (non-hydrogen) atoms. The first-order chi connectivity index (χ1) is 15.5. The average molecular weight is 437 g/mol. The summed E-state index contributed by atoms with van der Waals surface area (Å²) in [6.45, 7) is 6.36. The molecule has 0 aliphatic carbocycles. The van der Waals surface area contributed by atoms with Crippen LogP contribution in [0, 0.1) is 0 Å². The fourth-order valence-corrected chi connectivity index (χ4v) is 2.87. The quantitative estimate of drug-likeness (QED) is 0.154. The molecule has 2 aromatic rings. The number of hydrogen-bond acceptors (Lipinski definition) is 5. The van der Waals surface area contributed by atoms with Crippen LogP contribution in [0.4, 0.5) is 0 Å². The van der Waals surface area contributed by atoms with Crippen LogP contribution in [0.1, 0.15) is 51.0 Å². The minimum absolute atomic E-state index is 0.309. The number of unbranched alkanes of at least 4 members (excludes halogenated alkanes) is 5. The molecule has 5 nitrogen and oxygen atoms in total. The SMILES string of the molecule is C=C(C)C(=O)OCCCCCCCCOc1ccc(/C=C/C(=O)Oc2ccccc2)cc1. The fraction of sp³-hybridized carbons (Fsp3) is 0.333. The molecule has 0 saturated carbocycles. The van der Waals surface area contributed by atoms with Crippen molar-refractivity contribution in [1.29, 1.82) is 0 Å². The predicted molar refractivity (Wildman–Crippen MR) is 127 cm³/mol. The van der Waals surface area contributed by atoms with Gasteiger partial charge in [-0.15, -0.1) is 0 Å². The Morgan fingerprint density at radius 3 is 2.09 bits per heavy atom. The van der Waals surface area contributed by atoms with Crippen molar-refractivity contribution in [1.82, 2.24) is 0 Å². The number of carbonyl (C=O) groups is 2. The van der Waals surface area contributed by atoms with Gasteiger partial charge < -0.3 is 14.2 Å². The van der Waals surface area contributed by atoms with Gasteiger partial charge in [-0.1, -0.05) is 62.6 Å². The molecule has 2 aromatic carbocycles. The van der Waals surface area contributed by atoms with Crippen LogP contribution in [0.25, 0.3) is 6.08 Å². The van der Waals surface area contributed by atoms with E-state index in [0.29, 0.717) is 24.5 Å². The van der Waals surface area contributed by atoms with Crippen molar-refractivity contribution < 1.29 is 23.8 Å². The number of carbonyl (C=O) groups excluding carboxylic acids is 2. The van der Waals surface area contributed by atoms with E-state index in [4.69, 9.17) is 14.2 Å². The van der Waals surface area contributed by atoms with Gasteiger partial charge in [0.1, 0.15) is 11.5 Å². The number of hydrogen-bond donors (Lipinski definition) is 0. The van der Waals surface area contributed by atoms with Crippen LogP contribution in [0.5, 0.6) is 11.5 Å². The van der Waals surface area contributed by atoms with Gasteiger partial charge in [-0.3, -0.25) is 0 Å². The lowest BCUT2D eigenvalue weighted by Gasteiger charge is -2.07. The summed E-state index contributed by atoms with van der Waals surface area (Å²) < 4.78 is 16.1. The predicted octanol–water partition coefficient (Wildman–Crippen LogP) is 6.14. The smallest absolute Gasteiger partial charge is 0.336 e. The van der Waals surface area contributed by atoms with Crippen LogP contribution in [-0.2, 0) is 14.3 Å². The summed E-state index contributed by atoms with van der Waals surface area (Å²) in [7, 11) is 0.